The van der Waals surface area contributed by atoms with Crippen molar-refractivity contribution in [2.24, 2.45) is 23.2 Å². The Labute approximate surface area is 109 Å². The predicted octanol–water partition coefficient (Wildman–Crippen LogP) is 4.47. The highest BCUT2D eigenvalue weighted by Gasteiger charge is 2.34. The van der Waals surface area contributed by atoms with Gasteiger partial charge in [0.1, 0.15) is 0 Å². The Morgan fingerprint density at radius 2 is 1.59 bits per heavy atom. The van der Waals surface area contributed by atoms with Crippen LogP contribution in [0.25, 0.3) is 0 Å². The van der Waals surface area contributed by atoms with E-state index in [9.17, 15) is 0 Å². The van der Waals surface area contributed by atoms with Gasteiger partial charge in [0.15, 0.2) is 0 Å². The molecule has 2 atom stereocenters. The van der Waals surface area contributed by atoms with Gasteiger partial charge in [0.2, 0.25) is 0 Å². The first-order chi connectivity index (χ1) is 7.81. The highest BCUT2D eigenvalue weighted by molar-refractivity contribution is 4.85. The van der Waals surface area contributed by atoms with Crippen molar-refractivity contribution in [1.82, 2.24) is 5.32 Å². The van der Waals surface area contributed by atoms with E-state index in [2.05, 4.69) is 46.9 Å². The van der Waals surface area contributed by atoms with Crippen LogP contribution in [0.1, 0.15) is 67.2 Å². The second-order valence-corrected chi connectivity index (χ2v) is 7.46. The molecule has 0 heterocycles. The van der Waals surface area contributed by atoms with E-state index in [0.717, 1.165) is 17.8 Å². The molecule has 102 valence electrons. The molecule has 0 spiro atoms. The normalized spacial score (nSPS) is 30.9. The van der Waals surface area contributed by atoms with Crippen LogP contribution in [-0.4, -0.2) is 12.6 Å². The summed E-state index contributed by atoms with van der Waals surface area (Å²) in [6, 6.07) is 0.620. The number of rotatable bonds is 5. The molecule has 1 aliphatic rings. The monoisotopic (exact) mass is 239 g/mol. The molecule has 17 heavy (non-hydrogen) atoms. The van der Waals surface area contributed by atoms with Crippen LogP contribution in [0.2, 0.25) is 0 Å². The van der Waals surface area contributed by atoms with Crippen molar-refractivity contribution in [1.29, 1.82) is 0 Å². The van der Waals surface area contributed by atoms with Crippen molar-refractivity contribution in [2.75, 3.05) is 6.54 Å². The largest absolute Gasteiger partial charge is 0.315 e. The predicted molar refractivity (Wildman–Crippen MR) is 77.2 cm³/mol. The molecule has 2 unspecified atom stereocenters. The van der Waals surface area contributed by atoms with E-state index in [1.54, 1.807) is 0 Å². The van der Waals surface area contributed by atoms with Crippen molar-refractivity contribution >= 4 is 0 Å². The van der Waals surface area contributed by atoms with Gasteiger partial charge in [-0.05, 0) is 55.4 Å². The minimum atomic E-state index is 0.505. The lowest BCUT2D eigenvalue weighted by molar-refractivity contribution is 0.0924. The smallest absolute Gasteiger partial charge is 0.00103 e. The Morgan fingerprint density at radius 1 is 1.06 bits per heavy atom. The molecule has 0 aromatic carbocycles. The molecule has 1 heteroatoms. The van der Waals surface area contributed by atoms with Crippen molar-refractivity contribution in [3.05, 3.63) is 0 Å². The molecular weight excluding hydrogens is 206 g/mol. The van der Waals surface area contributed by atoms with Crippen LogP contribution in [0, 0.1) is 23.2 Å². The van der Waals surface area contributed by atoms with Gasteiger partial charge in [-0.25, -0.2) is 0 Å². The average Bonchev–Trinajstić information content (AvgIpc) is 2.14. The SMILES string of the molecule is CC1CC(C)CC(C(C)(C)CCNC(C)C)C1. The van der Waals surface area contributed by atoms with E-state index in [1.165, 1.54) is 32.2 Å². The summed E-state index contributed by atoms with van der Waals surface area (Å²) in [6.07, 6.45) is 5.64. The fraction of sp³-hybridized carbons (Fsp3) is 1.00. The van der Waals surface area contributed by atoms with Gasteiger partial charge in [-0.15, -0.1) is 0 Å². The highest BCUT2D eigenvalue weighted by Crippen LogP contribution is 2.44. The Hall–Kier alpha value is -0.0400. The summed E-state index contributed by atoms with van der Waals surface area (Å²) in [5.74, 6) is 2.79. The van der Waals surface area contributed by atoms with Crippen LogP contribution in [0.4, 0.5) is 0 Å². The van der Waals surface area contributed by atoms with E-state index >= 15 is 0 Å². The Bertz CT molecular complexity index is 210. The summed E-state index contributed by atoms with van der Waals surface area (Å²) in [6.45, 7) is 15.5. The lowest BCUT2D eigenvalue weighted by Crippen LogP contribution is -2.35. The molecule has 0 aromatic rings. The van der Waals surface area contributed by atoms with Gasteiger partial charge in [-0.3, -0.25) is 0 Å². The third-order valence-corrected chi connectivity index (χ3v) is 4.61. The molecule has 0 bridgehead atoms. The zero-order chi connectivity index (χ0) is 13.1. The van der Waals surface area contributed by atoms with Crippen LogP contribution in [0.5, 0.6) is 0 Å². The van der Waals surface area contributed by atoms with Gasteiger partial charge in [0.05, 0.1) is 0 Å². The Balaban J connectivity index is 2.44. The molecular formula is C16H33N. The number of hydrogen-bond donors (Lipinski definition) is 1. The van der Waals surface area contributed by atoms with Crippen molar-refractivity contribution < 1.29 is 0 Å². The minimum Gasteiger partial charge on any atom is -0.315 e. The van der Waals surface area contributed by atoms with Gasteiger partial charge in [-0.1, -0.05) is 41.5 Å². The maximum atomic E-state index is 3.56. The number of nitrogens with one attached hydrogen (secondary N) is 1. The molecule has 1 N–H and O–H groups in total. The van der Waals surface area contributed by atoms with Gasteiger partial charge in [-0.2, -0.15) is 0 Å². The van der Waals surface area contributed by atoms with Gasteiger partial charge >= 0.3 is 0 Å². The van der Waals surface area contributed by atoms with E-state index in [0.29, 0.717) is 11.5 Å². The summed E-state index contributed by atoms with van der Waals surface area (Å²) in [4.78, 5) is 0. The maximum absolute atomic E-state index is 3.56. The molecule has 1 fully saturated rings. The summed E-state index contributed by atoms with van der Waals surface area (Å²) >= 11 is 0. The standard InChI is InChI=1S/C16H33N/c1-12(2)17-8-7-16(5,6)15-10-13(3)9-14(4)11-15/h12-15,17H,7-11H2,1-6H3. The Morgan fingerprint density at radius 3 is 2.06 bits per heavy atom. The van der Waals surface area contributed by atoms with Crippen molar-refractivity contribution in [3.63, 3.8) is 0 Å². The zero-order valence-corrected chi connectivity index (χ0v) is 12.8. The van der Waals surface area contributed by atoms with Crippen LogP contribution >= 0.6 is 0 Å². The topological polar surface area (TPSA) is 12.0 Å². The van der Waals surface area contributed by atoms with Crippen LogP contribution in [0.3, 0.4) is 0 Å². The summed E-state index contributed by atoms with van der Waals surface area (Å²) in [5, 5.41) is 3.56. The third kappa shape index (κ3) is 4.99. The van der Waals surface area contributed by atoms with Crippen LogP contribution in [0.15, 0.2) is 0 Å². The lowest BCUT2D eigenvalue weighted by atomic mass is 9.64. The summed E-state index contributed by atoms with van der Waals surface area (Å²) in [7, 11) is 0. The van der Waals surface area contributed by atoms with E-state index in [1.807, 2.05) is 0 Å². The molecule has 1 aliphatic carbocycles. The maximum Gasteiger partial charge on any atom is 0.00103 e. The third-order valence-electron chi connectivity index (χ3n) is 4.61. The highest BCUT2D eigenvalue weighted by atomic mass is 14.9. The van der Waals surface area contributed by atoms with E-state index in [-0.39, 0.29) is 0 Å². The molecule has 0 aliphatic heterocycles. The second kappa shape index (κ2) is 6.22. The first kappa shape index (κ1) is 15.0. The molecule has 1 saturated carbocycles. The fourth-order valence-corrected chi connectivity index (χ4v) is 3.47. The van der Waals surface area contributed by atoms with Crippen molar-refractivity contribution in [2.45, 2.75) is 73.3 Å². The fourth-order valence-electron chi connectivity index (χ4n) is 3.47. The van der Waals surface area contributed by atoms with Crippen molar-refractivity contribution in [3.8, 4) is 0 Å². The second-order valence-electron chi connectivity index (χ2n) is 7.46. The Kier molecular flexibility index (Phi) is 5.50. The van der Waals surface area contributed by atoms with Crippen LogP contribution < -0.4 is 5.32 Å². The molecule has 1 rings (SSSR count). The molecule has 0 aromatic heterocycles. The zero-order valence-electron chi connectivity index (χ0n) is 12.8. The summed E-state index contributed by atoms with van der Waals surface area (Å²) in [5.41, 5.74) is 0.505. The van der Waals surface area contributed by atoms with E-state index in [4.69, 9.17) is 0 Å². The first-order valence-corrected chi connectivity index (χ1v) is 7.54. The van der Waals surface area contributed by atoms with Gasteiger partial charge in [0.25, 0.3) is 0 Å². The number of hydrogen-bond acceptors (Lipinski definition) is 1. The average molecular weight is 239 g/mol. The molecule has 0 radical (unpaired) electrons. The first-order valence-electron chi connectivity index (χ1n) is 7.54. The minimum absolute atomic E-state index is 0.505. The van der Waals surface area contributed by atoms with Crippen LogP contribution in [-0.2, 0) is 0 Å². The molecule has 0 amide bonds. The lowest BCUT2D eigenvalue weighted by Gasteiger charge is -2.42. The molecule has 1 nitrogen and oxygen atoms in total. The van der Waals surface area contributed by atoms with E-state index < -0.39 is 0 Å². The van der Waals surface area contributed by atoms with Gasteiger partial charge in [0, 0.05) is 6.04 Å². The van der Waals surface area contributed by atoms with Gasteiger partial charge < -0.3 is 5.32 Å². The summed E-state index contributed by atoms with van der Waals surface area (Å²) < 4.78 is 0. The molecule has 0 saturated heterocycles. The quantitative estimate of drug-likeness (QED) is 0.746.